The van der Waals surface area contributed by atoms with Crippen LogP contribution in [0.1, 0.15) is 44.7 Å². The fourth-order valence-corrected chi connectivity index (χ4v) is 3.44. The van der Waals surface area contributed by atoms with Crippen molar-refractivity contribution in [2.75, 3.05) is 13.1 Å². The van der Waals surface area contributed by atoms with Gasteiger partial charge in [-0.05, 0) is 48.1 Å². The summed E-state index contributed by atoms with van der Waals surface area (Å²) in [4.78, 5) is 1.93. The van der Waals surface area contributed by atoms with Gasteiger partial charge in [-0.1, -0.05) is 42.8 Å². The van der Waals surface area contributed by atoms with Gasteiger partial charge in [-0.3, -0.25) is 4.90 Å². The molecule has 0 N–H and O–H groups in total. The number of halogens is 4. The Labute approximate surface area is 139 Å². The molecule has 5 heteroatoms. The molecule has 0 aromatic heterocycles. The van der Waals surface area contributed by atoms with Gasteiger partial charge in [0.25, 0.3) is 0 Å². The van der Waals surface area contributed by atoms with Crippen molar-refractivity contribution in [3.63, 3.8) is 0 Å². The molecule has 1 heterocycles. The highest BCUT2D eigenvalue weighted by Crippen LogP contribution is 2.34. The highest BCUT2D eigenvalue weighted by Gasteiger charge is 2.41. The summed E-state index contributed by atoms with van der Waals surface area (Å²) < 4.78 is 39.7. The van der Waals surface area contributed by atoms with E-state index in [1.54, 1.807) is 0 Å². The fourth-order valence-electron chi connectivity index (χ4n) is 2.90. The quantitative estimate of drug-likeness (QED) is 0.655. The molecule has 1 aromatic carbocycles. The van der Waals surface area contributed by atoms with E-state index < -0.39 is 12.1 Å². The van der Waals surface area contributed by atoms with E-state index >= 15 is 0 Å². The van der Waals surface area contributed by atoms with E-state index in [4.69, 9.17) is 0 Å². The predicted octanol–water partition coefficient (Wildman–Crippen LogP) is 5.52. The van der Waals surface area contributed by atoms with E-state index in [-0.39, 0.29) is 18.4 Å². The zero-order valence-corrected chi connectivity index (χ0v) is 14.9. The van der Waals surface area contributed by atoms with E-state index in [1.165, 1.54) is 5.56 Å². The molecular weight excluding hydrogens is 355 g/mol. The van der Waals surface area contributed by atoms with Crippen LogP contribution in [0.25, 0.3) is 0 Å². The Kier molecular flexibility index (Phi) is 5.27. The monoisotopic (exact) mass is 377 g/mol. The van der Waals surface area contributed by atoms with Gasteiger partial charge in [-0.15, -0.1) is 0 Å². The van der Waals surface area contributed by atoms with Gasteiger partial charge in [0.15, 0.2) is 0 Å². The van der Waals surface area contributed by atoms with Gasteiger partial charge in [0.05, 0.1) is 5.92 Å². The van der Waals surface area contributed by atoms with Gasteiger partial charge >= 0.3 is 6.18 Å². The minimum absolute atomic E-state index is 0.0228. The second kappa shape index (κ2) is 6.52. The van der Waals surface area contributed by atoms with E-state index in [0.717, 1.165) is 16.6 Å². The van der Waals surface area contributed by atoms with Crippen molar-refractivity contribution in [2.24, 2.45) is 5.92 Å². The van der Waals surface area contributed by atoms with Crippen LogP contribution < -0.4 is 0 Å². The molecule has 0 bridgehead atoms. The van der Waals surface area contributed by atoms with Gasteiger partial charge in [0.1, 0.15) is 0 Å². The van der Waals surface area contributed by atoms with Gasteiger partial charge in [0.2, 0.25) is 0 Å². The van der Waals surface area contributed by atoms with Crippen molar-refractivity contribution in [2.45, 2.75) is 51.7 Å². The molecule has 0 spiro atoms. The Balaban J connectivity index is 2.12. The molecule has 22 heavy (non-hydrogen) atoms. The zero-order valence-electron chi connectivity index (χ0n) is 13.3. The molecule has 1 unspecified atom stereocenters. The summed E-state index contributed by atoms with van der Waals surface area (Å²) >= 11 is 3.52. The molecule has 1 saturated heterocycles. The Morgan fingerprint density at radius 1 is 1.18 bits per heavy atom. The van der Waals surface area contributed by atoms with Gasteiger partial charge in [-0.2, -0.15) is 13.2 Å². The minimum atomic E-state index is -4.08. The predicted molar refractivity (Wildman–Crippen MR) is 86.9 cm³/mol. The lowest BCUT2D eigenvalue weighted by molar-refractivity contribution is -0.187. The second-order valence-corrected chi connectivity index (χ2v) is 8.13. The van der Waals surface area contributed by atoms with Crippen LogP contribution in [0.5, 0.6) is 0 Å². The maximum atomic E-state index is 12.9. The first kappa shape index (κ1) is 17.8. The molecule has 0 saturated carbocycles. The number of hydrogen-bond donors (Lipinski definition) is 0. The van der Waals surface area contributed by atoms with Gasteiger partial charge in [0, 0.05) is 17.6 Å². The summed E-state index contributed by atoms with van der Waals surface area (Å²) in [7, 11) is 0. The minimum Gasteiger partial charge on any atom is -0.298 e. The summed E-state index contributed by atoms with van der Waals surface area (Å²) in [5.74, 6) is -1.18. The van der Waals surface area contributed by atoms with Gasteiger partial charge < -0.3 is 0 Å². The molecule has 1 aliphatic heterocycles. The molecule has 0 aliphatic carbocycles. The number of hydrogen-bond acceptors (Lipinski definition) is 1. The van der Waals surface area contributed by atoms with Crippen LogP contribution in [0.3, 0.4) is 0 Å². The Bertz CT molecular complexity index is 520. The normalized spacial score (nSPS) is 21.1. The molecule has 0 radical (unpaired) electrons. The molecule has 1 aliphatic rings. The third-order valence-electron chi connectivity index (χ3n) is 4.20. The number of piperidine rings is 1. The first-order valence-electron chi connectivity index (χ1n) is 7.65. The zero-order chi connectivity index (χ0) is 16.5. The average molecular weight is 378 g/mol. The fraction of sp³-hybridized carbons (Fsp3) is 0.647. The van der Waals surface area contributed by atoms with Gasteiger partial charge in [-0.25, -0.2) is 0 Å². The average Bonchev–Trinajstić information content (AvgIpc) is 2.36. The van der Waals surface area contributed by atoms with E-state index in [2.05, 4.69) is 48.8 Å². The van der Waals surface area contributed by atoms with Crippen LogP contribution in [0.15, 0.2) is 22.7 Å². The number of alkyl halides is 3. The molecular formula is C17H23BrF3N. The second-order valence-electron chi connectivity index (χ2n) is 7.21. The lowest BCUT2D eigenvalue weighted by Crippen LogP contribution is -2.41. The highest BCUT2D eigenvalue weighted by atomic mass is 79.9. The van der Waals surface area contributed by atoms with Crippen LogP contribution in [-0.2, 0) is 12.0 Å². The first-order valence-corrected chi connectivity index (χ1v) is 8.44. The topological polar surface area (TPSA) is 3.24 Å². The molecule has 1 fully saturated rings. The van der Waals surface area contributed by atoms with Crippen LogP contribution in [0.2, 0.25) is 0 Å². The maximum absolute atomic E-state index is 12.9. The number of nitrogens with zero attached hydrogens (tertiary/aromatic N) is 1. The number of likely N-dealkylation sites (tertiary alicyclic amines) is 1. The Hall–Kier alpha value is -0.550. The number of rotatable bonds is 2. The highest BCUT2D eigenvalue weighted by molar-refractivity contribution is 9.10. The van der Waals surface area contributed by atoms with Crippen molar-refractivity contribution < 1.29 is 13.2 Å². The molecule has 124 valence electrons. The van der Waals surface area contributed by atoms with Crippen molar-refractivity contribution in [3.8, 4) is 0 Å². The van der Waals surface area contributed by atoms with Crippen LogP contribution in [0, 0.1) is 5.92 Å². The summed E-state index contributed by atoms with van der Waals surface area (Å²) in [6, 6.07) is 6.20. The molecule has 2 rings (SSSR count). The van der Waals surface area contributed by atoms with Crippen molar-refractivity contribution in [3.05, 3.63) is 33.8 Å². The van der Waals surface area contributed by atoms with E-state index in [1.807, 2.05) is 11.0 Å². The van der Waals surface area contributed by atoms with Crippen LogP contribution in [0.4, 0.5) is 13.2 Å². The third kappa shape index (κ3) is 4.72. The van der Waals surface area contributed by atoms with E-state index in [9.17, 15) is 13.2 Å². The molecule has 1 aromatic rings. The summed E-state index contributed by atoms with van der Waals surface area (Å²) in [6.45, 7) is 7.84. The van der Waals surface area contributed by atoms with Crippen molar-refractivity contribution >= 4 is 15.9 Å². The third-order valence-corrected chi connectivity index (χ3v) is 4.66. The summed E-state index contributed by atoms with van der Waals surface area (Å²) in [5, 5.41) is 0. The van der Waals surface area contributed by atoms with Crippen LogP contribution in [-0.4, -0.2) is 24.2 Å². The first-order chi connectivity index (χ1) is 10.1. The van der Waals surface area contributed by atoms with Crippen LogP contribution >= 0.6 is 15.9 Å². The van der Waals surface area contributed by atoms with E-state index in [0.29, 0.717) is 13.0 Å². The van der Waals surface area contributed by atoms with Crippen molar-refractivity contribution in [1.82, 2.24) is 4.90 Å². The molecule has 0 amide bonds. The number of benzene rings is 1. The molecule has 1 nitrogen and oxygen atoms in total. The smallest absolute Gasteiger partial charge is 0.298 e. The maximum Gasteiger partial charge on any atom is 0.393 e. The lowest BCUT2D eigenvalue weighted by atomic mass is 9.86. The largest absolute Gasteiger partial charge is 0.393 e. The Morgan fingerprint density at radius 2 is 1.86 bits per heavy atom. The van der Waals surface area contributed by atoms with Crippen molar-refractivity contribution in [1.29, 1.82) is 0 Å². The molecule has 1 atom stereocenters. The SMILES string of the molecule is CC(C)(C)c1cc(Br)cc(CN2CCCC(C(F)(F)F)C2)c1. The summed E-state index contributed by atoms with van der Waals surface area (Å²) in [5.41, 5.74) is 2.29. The standard InChI is InChI=1S/C17H23BrF3N/c1-16(2,3)14-7-12(8-15(18)9-14)10-22-6-4-5-13(11-22)17(19,20)21/h7-9,13H,4-6,10-11H2,1-3H3. The lowest BCUT2D eigenvalue weighted by Gasteiger charge is -2.34. The Morgan fingerprint density at radius 3 is 2.45 bits per heavy atom. The summed E-state index contributed by atoms with van der Waals surface area (Å²) in [6.07, 6.45) is -3.21.